The van der Waals surface area contributed by atoms with E-state index in [0.717, 1.165) is 16.5 Å². The number of anilines is 1. The number of benzene rings is 3. The topological polar surface area (TPSA) is 94.8 Å². The van der Waals surface area contributed by atoms with Crippen molar-refractivity contribution in [2.24, 2.45) is 5.10 Å². The molecule has 10 heteroatoms. The van der Waals surface area contributed by atoms with E-state index in [0.29, 0.717) is 57.0 Å². The van der Waals surface area contributed by atoms with Gasteiger partial charge in [0.25, 0.3) is 11.5 Å². The Bertz CT molecular complexity index is 1580. The average molecular weight is 656 g/mol. The summed E-state index contributed by atoms with van der Waals surface area (Å²) in [5.74, 6) is 1.13. The lowest BCUT2D eigenvalue weighted by Crippen LogP contribution is -2.22. The van der Waals surface area contributed by atoms with E-state index in [4.69, 9.17) is 9.47 Å². The first-order valence-electron chi connectivity index (χ1n) is 12.5. The van der Waals surface area contributed by atoms with Crippen molar-refractivity contribution < 1.29 is 14.3 Å². The van der Waals surface area contributed by atoms with Crippen molar-refractivity contribution in [1.82, 2.24) is 9.66 Å². The van der Waals surface area contributed by atoms with Crippen LogP contribution in [-0.4, -0.2) is 35.0 Å². The number of fused-ring (bicyclic) bond motifs is 1. The van der Waals surface area contributed by atoms with Gasteiger partial charge < -0.3 is 14.8 Å². The Kier molecular flexibility index (Phi) is 9.53. The van der Waals surface area contributed by atoms with Crippen molar-refractivity contribution in [3.8, 4) is 11.5 Å². The Morgan fingerprint density at radius 3 is 2.56 bits per heavy atom. The van der Waals surface area contributed by atoms with Crippen molar-refractivity contribution in [2.45, 2.75) is 33.6 Å². The molecule has 1 N–H and O–H groups in total. The number of carbonyl (C=O) groups excluding carboxylic acids is 1. The third kappa shape index (κ3) is 7.13. The summed E-state index contributed by atoms with van der Waals surface area (Å²) in [6.45, 7) is 6.06. The molecule has 0 radical (unpaired) electrons. The van der Waals surface area contributed by atoms with Crippen LogP contribution >= 0.6 is 31.9 Å². The standard InChI is InChI=1S/C29H28Br2N4O4/c1-4-6-26-34-24-12-9-20(30)15-22(24)29(37)35(26)32-16-19-13-23(31)28(25(14-19)38-5-2)39-17-27(36)33-21-10-7-18(3)8-11-21/h7-16H,4-6,17H2,1-3H3,(H,33,36). The normalized spacial score (nSPS) is 11.2. The first kappa shape index (κ1) is 28.5. The SMILES string of the molecule is CCCc1nc2ccc(Br)cc2c(=O)n1N=Cc1cc(Br)c(OCC(=O)Nc2ccc(C)cc2)c(OCC)c1. The third-order valence-corrected chi connectivity index (χ3v) is 6.77. The summed E-state index contributed by atoms with van der Waals surface area (Å²) in [6.07, 6.45) is 2.99. The fourth-order valence-electron chi connectivity index (χ4n) is 3.86. The first-order chi connectivity index (χ1) is 18.8. The number of hydrogen-bond donors (Lipinski definition) is 1. The second-order valence-corrected chi connectivity index (χ2v) is 10.5. The van der Waals surface area contributed by atoms with Crippen LogP contribution < -0.4 is 20.3 Å². The van der Waals surface area contributed by atoms with E-state index in [1.165, 1.54) is 4.68 Å². The summed E-state index contributed by atoms with van der Waals surface area (Å²) < 4.78 is 14.3. The zero-order valence-corrected chi connectivity index (χ0v) is 25.0. The number of ether oxygens (including phenoxy) is 2. The monoisotopic (exact) mass is 654 g/mol. The zero-order chi connectivity index (χ0) is 27.9. The van der Waals surface area contributed by atoms with Crippen molar-refractivity contribution in [3.05, 3.63) is 90.8 Å². The van der Waals surface area contributed by atoms with E-state index in [9.17, 15) is 9.59 Å². The lowest BCUT2D eigenvalue weighted by Gasteiger charge is -2.15. The van der Waals surface area contributed by atoms with Gasteiger partial charge in [0, 0.05) is 16.6 Å². The van der Waals surface area contributed by atoms with Gasteiger partial charge >= 0.3 is 0 Å². The molecule has 39 heavy (non-hydrogen) atoms. The predicted molar refractivity (Wildman–Crippen MR) is 161 cm³/mol. The van der Waals surface area contributed by atoms with Crippen molar-refractivity contribution in [3.63, 3.8) is 0 Å². The molecule has 0 aliphatic carbocycles. The highest BCUT2D eigenvalue weighted by Crippen LogP contribution is 2.36. The molecule has 0 saturated heterocycles. The molecule has 1 heterocycles. The molecule has 0 fully saturated rings. The van der Waals surface area contributed by atoms with Crippen molar-refractivity contribution >= 4 is 60.6 Å². The Balaban J connectivity index is 1.59. The van der Waals surface area contributed by atoms with Gasteiger partial charge in [0.05, 0.1) is 28.2 Å². The fraction of sp³-hybridized carbons (Fsp3) is 0.241. The van der Waals surface area contributed by atoms with E-state index in [-0.39, 0.29) is 18.1 Å². The molecule has 0 aliphatic rings. The van der Waals surface area contributed by atoms with Crippen LogP contribution in [0.4, 0.5) is 5.69 Å². The number of rotatable bonds is 10. The van der Waals surface area contributed by atoms with Crippen LogP contribution in [0.2, 0.25) is 0 Å². The summed E-state index contributed by atoms with van der Waals surface area (Å²) in [5, 5.41) is 7.79. The van der Waals surface area contributed by atoms with Gasteiger partial charge in [-0.05, 0) is 84.2 Å². The second kappa shape index (κ2) is 13.0. The van der Waals surface area contributed by atoms with Gasteiger partial charge in [-0.15, -0.1) is 0 Å². The minimum atomic E-state index is -0.294. The minimum Gasteiger partial charge on any atom is -0.490 e. The highest BCUT2D eigenvalue weighted by molar-refractivity contribution is 9.10. The number of carbonyl (C=O) groups is 1. The number of halogens is 2. The molecule has 0 spiro atoms. The van der Waals surface area contributed by atoms with Crippen LogP contribution in [0, 0.1) is 6.92 Å². The quantitative estimate of drug-likeness (QED) is 0.197. The maximum Gasteiger partial charge on any atom is 0.282 e. The molecule has 0 bridgehead atoms. The van der Waals surface area contributed by atoms with Crippen LogP contribution in [0.3, 0.4) is 0 Å². The maximum atomic E-state index is 13.3. The summed E-state index contributed by atoms with van der Waals surface area (Å²) in [7, 11) is 0. The molecule has 1 amide bonds. The molecule has 0 unspecified atom stereocenters. The van der Waals surface area contributed by atoms with Crippen LogP contribution in [0.25, 0.3) is 10.9 Å². The molecule has 0 aliphatic heterocycles. The van der Waals surface area contributed by atoms with Gasteiger partial charge in [0.2, 0.25) is 0 Å². The fourth-order valence-corrected chi connectivity index (χ4v) is 4.80. The van der Waals surface area contributed by atoms with Crippen LogP contribution in [0.5, 0.6) is 11.5 Å². The molecule has 202 valence electrons. The molecule has 1 aromatic heterocycles. The van der Waals surface area contributed by atoms with E-state index in [1.54, 1.807) is 24.4 Å². The summed E-state index contributed by atoms with van der Waals surface area (Å²) in [4.78, 5) is 30.4. The van der Waals surface area contributed by atoms with Gasteiger partial charge in [-0.1, -0.05) is 40.5 Å². The van der Waals surface area contributed by atoms with Gasteiger partial charge in [0.1, 0.15) is 5.82 Å². The molecule has 4 rings (SSSR count). The first-order valence-corrected chi connectivity index (χ1v) is 14.1. The Hall–Kier alpha value is -3.50. The maximum absolute atomic E-state index is 13.3. The van der Waals surface area contributed by atoms with Crippen LogP contribution in [0.1, 0.15) is 37.2 Å². The number of amides is 1. The van der Waals surface area contributed by atoms with Crippen LogP contribution in [-0.2, 0) is 11.2 Å². The lowest BCUT2D eigenvalue weighted by molar-refractivity contribution is -0.118. The number of nitrogens with one attached hydrogen (secondary N) is 1. The van der Waals surface area contributed by atoms with Gasteiger partial charge in [-0.2, -0.15) is 9.78 Å². The average Bonchev–Trinajstić information content (AvgIpc) is 2.90. The van der Waals surface area contributed by atoms with E-state index in [1.807, 2.05) is 57.2 Å². The number of aryl methyl sites for hydroxylation is 2. The predicted octanol–water partition coefficient (Wildman–Crippen LogP) is 6.48. The summed E-state index contributed by atoms with van der Waals surface area (Å²) >= 11 is 6.95. The zero-order valence-electron chi connectivity index (χ0n) is 21.8. The highest BCUT2D eigenvalue weighted by atomic mass is 79.9. The number of aromatic nitrogens is 2. The van der Waals surface area contributed by atoms with Crippen LogP contribution in [0.15, 0.2) is 73.4 Å². The summed E-state index contributed by atoms with van der Waals surface area (Å²) in [6, 6.07) is 16.5. The molecule has 8 nitrogen and oxygen atoms in total. The Morgan fingerprint density at radius 1 is 1.08 bits per heavy atom. The van der Waals surface area contributed by atoms with Gasteiger partial charge in [-0.25, -0.2) is 4.98 Å². The van der Waals surface area contributed by atoms with Crippen molar-refractivity contribution in [2.75, 3.05) is 18.5 Å². The number of nitrogens with zero attached hydrogens (tertiary/aromatic N) is 3. The third-order valence-electron chi connectivity index (χ3n) is 5.69. The lowest BCUT2D eigenvalue weighted by atomic mass is 10.2. The Morgan fingerprint density at radius 2 is 1.85 bits per heavy atom. The molecule has 3 aromatic carbocycles. The smallest absolute Gasteiger partial charge is 0.282 e. The highest BCUT2D eigenvalue weighted by Gasteiger charge is 2.15. The summed E-state index contributed by atoms with van der Waals surface area (Å²) in [5.41, 5.74) is 2.86. The van der Waals surface area contributed by atoms with Gasteiger partial charge in [-0.3, -0.25) is 9.59 Å². The Labute approximate surface area is 243 Å². The van der Waals surface area contributed by atoms with Gasteiger partial charge in [0.15, 0.2) is 18.1 Å². The minimum absolute atomic E-state index is 0.200. The second-order valence-electron chi connectivity index (χ2n) is 8.77. The molecular weight excluding hydrogens is 628 g/mol. The van der Waals surface area contributed by atoms with E-state index < -0.39 is 0 Å². The van der Waals surface area contributed by atoms with E-state index in [2.05, 4.69) is 47.3 Å². The molecule has 0 atom stereocenters. The van der Waals surface area contributed by atoms with E-state index >= 15 is 0 Å². The molecular formula is C29H28Br2N4O4. The molecule has 0 saturated carbocycles. The molecule has 4 aromatic rings. The largest absolute Gasteiger partial charge is 0.490 e. The number of hydrogen-bond acceptors (Lipinski definition) is 6. The van der Waals surface area contributed by atoms with Crippen molar-refractivity contribution in [1.29, 1.82) is 0 Å².